The normalized spacial score (nSPS) is 55.7. The quantitative estimate of drug-likeness (QED) is 0.595. The minimum Gasteiger partial charge on any atom is -0.454 e. The summed E-state index contributed by atoms with van der Waals surface area (Å²) in [7, 11) is 0. The molecule has 5 aliphatic rings. The number of carbonyl (C=O) groups excluding carboxylic acids is 1. The van der Waals surface area contributed by atoms with Gasteiger partial charge in [-0.3, -0.25) is 0 Å². The maximum atomic E-state index is 12.1. The Kier molecular flexibility index (Phi) is 4.07. The van der Waals surface area contributed by atoms with Crippen LogP contribution < -0.4 is 0 Å². The first-order chi connectivity index (χ1) is 13.4. The van der Waals surface area contributed by atoms with Gasteiger partial charge in [-0.15, -0.1) is 0 Å². The second-order valence-electron chi connectivity index (χ2n) is 12.4. The van der Waals surface area contributed by atoms with Crippen molar-refractivity contribution in [3.63, 3.8) is 0 Å². The molecule has 2 N–H and O–H groups in total. The van der Waals surface area contributed by atoms with Crippen LogP contribution in [-0.4, -0.2) is 34.5 Å². The molecule has 4 nitrogen and oxygen atoms in total. The van der Waals surface area contributed by atoms with Gasteiger partial charge in [-0.25, -0.2) is 4.79 Å². The number of aliphatic hydroxyl groups is 2. The van der Waals surface area contributed by atoms with E-state index in [9.17, 15) is 15.0 Å². The van der Waals surface area contributed by atoms with E-state index in [0.29, 0.717) is 29.2 Å². The van der Waals surface area contributed by atoms with E-state index in [1.165, 1.54) is 31.8 Å². The number of esters is 1. The van der Waals surface area contributed by atoms with Gasteiger partial charge in [0.25, 0.3) is 0 Å². The summed E-state index contributed by atoms with van der Waals surface area (Å²) in [6, 6.07) is 0. The molecule has 0 amide bonds. The Morgan fingerprint density at radius 3 is 2.34 bits per heavy atom. The Morgan fingerprint density at radius 2 is 1.62 bits per heavy atom. The third-order valence-corrected chi connectivity index (χ3v) is 10.8. The zero-order valence-electron chi connectivity index (χ0n) is 18.7. The predicted octanol–water partition coefficient (Wildman–Crippen LogP) is 4.24. The lowest BCUT2D eigenvalue weighted by Crippen LogP contribution is -2.68. The van der Waals surface area contributed by atoms with Gasteiger partial charge >= 0.3 is 5.97 Å². The van der Waals surface area contributed by atoms with E-state index in [4.69, 9.17) is 4.74 Å². The summed E-state index contributed by atoms with van der Waals surface area (Å²) in [5, 5.41) is 22.5. The Balaban J connectivity index is 1.59. The number of ether oxygens (including phenoxy) is 1. The van der Waals surface area contributed by atoms with E-state index in [-0.39, 0.29) is 22.7 Å². The summed E-state index contributed by atoms with van der Waals surface area (Å²) < 4.78 is 5.72. The molecule has 4 saturated carbocycles. The number of fused-ring (bicyclic) bond motifs is 7. The van der Waals surface area contributed by atoms with Crippen LogP contribution in [0.5, 0.6) is 0 Å². The molecule has 9 atom stereocenters. The van der Waals surface area contributed by atoms with Crippen LogP contribution in [-0.2, 0) is 9.53 Å². The number of carbonyl (C=O) groups is 1. The van der Waals surface area contributed by atoms with Crippen LogP contribution in [0.4, 0.5) is 0 Å². The smallest absolute Gasteiger partial charge is 0.331 e. The third kappa shape index (κ3) is 2.36. The molecule has 0 aromatic rings. The molecular formula is C25H38O4. The van der Waals surface area contributed by atoms with Crippen molar-refractivity contribution in [3.8, 4) is 0 Å². The Bertz CT molecular complexity index is 771. The van der Waals surface area contributed by atoms with Crippen LogP contribution in [0.1, 0.15) is 79.6 Å². The molecule has 0 saturated heterocycles. The summed E-state index contributed by atoms with van der Waals surface area (Å²) >= 11 is 0. The van der Waals surface area contributed by atoms with Crippen LogP contribution in [0, 0.1) is 39.4 Å². The lowest BCUT2D eigenvalue weighted by atomic mass is 9.35. The fraction of sp³-hybridized carbons (Fsp3) is 0.880. The van der Waals surface area contributed by atoms with E-state index < -0.39 is 23.7 Å². The van der Waals surface area contributed by atoms with Crippen molar-refractivity contribution in [2.24, 2.45) is 39.4 Å². The van der Waals surface area contributed by atoms with Crippen molar-refractivity contribution in [3.05, 3.63) is 11.6 Å². The van der Waals surface area contributed by atoms with Gasteiger partial charge in [0.15, 0.2) is 0 Å². The first-order valence-corrected chi connectivity index (χ1v) is 11.7. The van der Waals surface area contributed by atoms with Gasteiger partial charge in [0.2, 0.25) is 0 Å². The molecule has 4 aliphatic carbocycles. The van der Waals surface area contributed by atoms with Crippen LogP contribution in [0.15, 0.2) is 11.6 Å². The minimum absolute atomic E-state index is 0.0498. The van der Waals surface area contributed by atoms with Crippen LogP contribution in [0.25, 0.3) is 0 Å². The largest absolute Gasteiger partial charge is 0.454 e. The van der Waals surface area contributed by atoms with Crippen LogP contribution in [0.2, 0.25) is 0 Å². The molecule has 9 unspecified atom stereocenters. The van der Waals surface area contributed by atoms with E-state index in [1.807, 2.05) is 0 Å². The fourth-order valence-electron chi connectivity index (χ4n) is 9.49. The fourth-order valence-corrected chi connectivity index (χ4v) is 9.49. The molecular weight excluding hydrogens is 364 g/mol. The molecule has 29 heavy (non-hydrogen) atoms. The number of hydrogen-bond donors (Lipinski definition) is 2. The topological polar surface area (TPSA) is 66.8 Å². The summed E-state index contributed by atoms with van der Waals surface area (Å²) in [4.78, 5) is 12.1. The maximum Gasteiger partial charge on any atom is 0.331 e. The molecule has 0 aromatic heterocycles. The van der Waals surface area contributed by atoms with Crippen molar-refractivity contribution < 1.29 is 19.7 Å². The Hall–Kier alpha value is -0.870. The maximum absolute atomic E-state index is 12.1. The van der Waals surface area contributed by atoms with Crippen LogP contribution in [0.3, 0.4) is 0 Å². The zero-order chi connectivity index (χ0) is 21.0. The third-order valence-electron chi connectivity index (χ3n) is 10.8. The van der Waals surface area contributed by atoms with Crippen molar-refractivity contribution in [2.75, 3.05) is 0 Å². The highest BCUT2D eigenvalue weighted by atomic mass is 16.6. The van der Waals surface area contributed by atoms with Gasteiger partial charge in [-0.05, 0) is 72.5 Å². The molecule has 0 spiro atoms. The lowest BCUT2D eigenvalue weighted by molar-refractivity contribution is -0.253. The highest BCUT2D eigenvalue weighted by Crippen LogP contribution is 2.73. The van der Waals surface area contributed by atoms with Crippen molar-refractivity contribution in [1.82, 2.24) is 0 Å². The molecule has 162 valence electrons. The summed E-state index contributed by atoms with van der Waals surface area (Å²) in [6.45, 7) is 11.9. The second-order valence-corrected chi connectivity index (χ2v) is 12.4. The van der Waals surface area contributed by atoms with E-state index >= 15 is 0 Å². The van der Waals surface area contributed by atoms with Gasteiger partial charge in [0, 0.05) is 17.1 Å². The highest BCUT2D eigenvalue weighted by molar-refractivity contribution is 5.86. The number of rotatable bonds is 0. The molecule has 0 bridgehead atoms. The minimum atomic E-state index is -0.638. The SMILES string of the molecule is CC1(C)CCCC2(C)C1CCC1(C)C2CC(O)C2(C)C3OC(=O)C=C3C(O)CC12. The molecule has 0 aromatic carbocycles. The van der Waals surface area contributed by atoms with Crippen LogP contribution >= 0.6 is 0 Å². The number of aliphatic hydroxyl groups excluding tert-OH is 2. The second kappa shape index (κ2) is 5.88. The van der Waals surface area contributed by atoms with Crippen molar-refractivity contribution in [1.29, 1.82) is 0 Å². The Labute approximate surface area is 175 Å². The predicted molar refractivity (Wildman–Crippen MR) is 111 cm³/mol. The van der Waals surface area contributed by atoms with E-state index in [1.54, 1.807) is 0 Å². The van der Waals surface area contributed by atoms with Gasteiger partial charge in [-0.2, -0.15) is 0 Å². The summed E-state index contributed by atoms with van der Waals surface area (Å²) in [6.07, 6.45) is 7.41. The van der Waals surface area contributed by atoms with Gasteiger partial charge in [0.1, 0.15) is 6.10 Å². The molecule has 4 fully saturated rings. The summed E-state index contributed by atoms with van der Waals surface area (Å²) in [5.41, 5.74) is 0.797. The number of hydrogen-bond acceptors (Lipinski definition) is 4. The van der Waals surface area contributed by atoms with Crippen molar-refractivity contribution in [2.45, 2.75) is 97.9 Å². The average Bonchev–Trinajstić information content (AvgIpc) is 3.02. The molecule has 5 rings (SSSR count). The molecule has 1 heterocycles. The lowest BCUT2D eigenvalue weighted by Gasteiger charge is -2.70. The molecule has 4 heteroatoms. The zero-order valence-corrected chi connectivity index (χ0v) is 18.7. The van der Waals surface area contributed by atoms with Gasteiger partial charge < -0.3 is 14.9 Å². The Morgan fingerprint density at radius 1 is 0.931 bits per heavy atom. The van der Waals surface area contributed by atoms with E-state index in [0.717, 1.165) is 12.8 Å². The summed E-state index contributed by atoms with van der Waals surface area (Å²) in [5.74, 6) is 0.910. The van der Waals surface area contributed by atoms with E-state index in [2.05, 4.69) is 34.6 Å². The first kappa shape index (κ1) is 20.1. The van der Waals surface area contributed by atoms with Crippen molar-refractivity contribution >= 4 is 5.97 Å². The van der Waals surface area contributed by atoms with Gasteiger partial charge in [0.05, 0.1) is 12.2 Å². The standard InChI is InChI=1S/C25H38O4/c1-22(2)8-6-9-23(3)16(22)7-10-24(4)17(23)13-19(27)25(5)18(24)12-15(26)14-11-20(28)29-21(14)25/h11,15-19,21,26-27H,6-10,12-13H2,1-5H3. The van der Waals surface area contributed by atoms with Gasteiger partial charge in [-0.1, -0.05) is 41.0 Å². The molecule has 0 radical (unpaired) electrons. The molecule has 1 aliphatic heterocycles. The monoisotopic (exact) mass is 402 g/mol. The highest BCUT2D eigenvalue weighted by Gasteiger charge is 2.70. The first-order valence-electron chi connectivity index (χ1n) is 11.7. The average molecular weight is 403 g/mol.